The number of ether oxygens (including phenoxy) is 8. The van der Waals surface area contributed by atoms with Gasteiger partial charge in [0.05, 0.1) is 42.9 Å². The Hall–Kier alpha value is -1.39. The summed E-state index contributed by atoms with van der Waals surface area (Å²) in [6.07, 6.45) is 27.6. The number of carbonyl (C=O) groups is 2. The van der Waals surface area contributed by atoms with Gasteiger partial charge in [0.1, 0.15) is 35.8 Å². The highest BCUT2D eigenvalue weighted by Gasteiger charge is 2.61. The van der Waals surface area contributed by atoms with Gasteiger partial charge in [0.15, 0.2) is 0 Å². The fourth-order valence-corrected chi connectivity index (χ4v) is 14.2. The van der Waals surface area contributed by atoms with Crippen molar-refractivity contribution >= 4 is 22.1 Å². The summed E-state index contributed by atoms with van der Waals surface area (Å²) in [5, 5.41) is -0.355. The SMILES string of the molecule is C1CC2COC(C1)C2.C1CCCOCC1.C1CCOCC1.C1OC2CC3CC1C2C3.CC.CC.CC.CC.CC.CC.CC.O=C1OC2CC3CC1C2O3.O=C1OC2CCC1C2.O=S1(=O)OC2CC3CC1C2O3. The molecule has 15 aliphatic rings. The highest BCUT2D eigenvalue weighted by atomic mass is 32.2. The smallest absolute Gasteiger partial charge is 0.312 e. The third-order valence-corrected chi connectivity index (χ3v) is 17.2. The van der Waals surface area contributed by atoms with Crippen molar-refractivity contribution in [2.45, 2.75) is 292 Å². The van der Waals surface area contributed by atoms with Gasteiger partial charge in [-0.2, -0.15) is 8.42 Å². The summed E-state index contributed by atoms with van der Waals surface area (Å²) in [5.74, 6) is 4.35. The lowest BCUT2D eigenvalue weighted by atomic mass is 9.90. The maximum Gasteiger partial charge on any atom is 0.312 e. The van der Waals surface area contributed by atoms with Crippen LogP contribution in [-0.2, 0) is 61.8 Å². The Bertz CT molecular complexity index is 1460. The van der Waals surface area contributed by atoms with Gasteiger partial charge in [-0.15, -0.1) is 0 Å². The van der Waals surface area contributed by atoms with Gasteiger partial charge in [-0.3, -0.25) is 13.8 Å². The second-order valence-corrected chi connectivity index (χ2v) is 21.5. The molecule has 13 nitrogen and oxygen atoms in total. The molecule has 16 unspecified atom stereocenters. The first-order valence-corrected chi connectivity index (χ1v) is 32.3. The number of esters is 2. The molecule has 11 saturated heterocycles. The molecule has 4 aliphatic carbocycles. The summed E-state index contributed by atoms with van der Waals surface area (Å²) in [7, 11) is -3.26. The van der Waals surface area contributed by atoms with Crippen LogP contribution in [0.2, 0.25) is 0 Å². The highest BCUT2D eigenvalue weighted by Crippen LogP contribution is 2.53. The molecule has 11 aliphatic heterocycles. The zero-order chi connectivity index (χ0) is 54.3. The van der Waals surface area contributed by atoms with Gasteiger partial charge in [-0.25, -0.2) is 0 Å². The largest absolute Gasteiger partial charge is 0.462 e. The first kappa shape index (κ1) is 67.7. The topological polar surface area (TPSA) is 151 Å². The average molecular weight is 1060 g/mol. The maximum absolute atomic E-state index is 11.2. The van der Waals surface area contributed by atoms with E-state index in [4.69, 9.17) is 42.1 Å². The molecule has 4 saturated carbocycles. The van der Waals surface area contributed by atoms with Crippen molar-refractivity contribution in [3.8, 4) is 0 Å². The highest BCUT2D eigenvalue weighted by molar-refractivity contribution is 7.87. The zero-order valence-electron chi connectivity index (χ0n) is 49.0. The van der Waals surface area contributed by atoms with Crippen LogP contribution < -0.4 is 0 Å². The first-order valence-electron chi connectivity index (χ1n) is 30.8. The number of rotatable bonds is 0. The minimum absolute atomic E-state index is 0.0324. The van der Waals surface area contributed by atoms with E-state index in [0.29, 0.717) is 30.8 Å². The van der Waals surface area contributed by atoms with Crippen LogP contribution in [0.1, 0.15) is 232 Å². The summed E-state index contributed by atoms with van der Waals surface area (Å²) >= 11 is 0. The maximum atomic E-state index is 11.2. The summed E-state index contributed by atoms with van der Waals surface area (Å²) in [4.78, 5) is 21.6. The predicted octanol–water partition coefficient (Wildman–Crippen LogP) is 13.4. The van der Waals surface area contributed by atoms with E-state index in [-0.39, 0.29) is 59.5 Å². The standard InChI is InChI=1S/C8H12O.C7H8O3.C7H12O.C6H8O4S.C6H8O2.C6H12O.C5H10O.7C2H6/c1-5-2-7-6(1)4-9-8(7)3-5;8-7-4-1-3-2-5(10-7)6(4)9-3;1-2-6-4-7(3-1)8-5-6;7-11(8)5-2-3-1-4(10-11)6(5)9-3;7-6-4-1-2-5(3-4)8-6;1-2-4-6-7-5-3-1;1-2-4-6-5-3-1;7*1-2/h5-8H,1-4H2;3-6H,1-2H2;6-7H,1-5H2;3-6H,1-2H2;4-5H,1-3H2;1-6H2;1-5H2;7*1-2H3. The van der Waals surface area contributed by atoms with Crippen LogP contribution in [0.4, 0.5) is 0 Å². The molecule has 0 spiro atoms. The van der Waals surface area contributed by atoms with E-state index in [9.17, 15) is 18.0 Å². The van der Waals surface area contributed by atoms with E-state index in [2.05, 4.69) is 0 Å². The van der Waals surface area contributed by atoms with Gasteiger partial charge in [0.25, 0.3) is 10.1 Å². The number of hydrogen-bond acceptors (Lipinski definition) is 13. The van der Waals surface area contributed by atoms with Crippen molar-refractivity contribution in [2.75, 3.05) is 39.6 Å². The van der Waals surface area contributed by atoms with E-state index in [1.54, 1.807) is 0 Å². The molecule has 0 aromatic rings. The Morgan fingerprint density at radius 2 is 1.01 bits per heavy atom. The molecule has 15 rings (SSSR count). The van der Waals surface area contributed by atoms with Crippen molar-refractivity contribution in [1.29, 1.82) is 0 Å². The van der Waals surface area contributed by atoms with Gasteiger partial charge >= 0.3 is 11.9 Å². The molecular weight excluding hydrogens is 949 g/mol. The lowest BCUT2D eigenvalue weighted by molar-refractivity contribution is -0.147. The van der Waals surface area contributed by atoms with E-state index in [1.807, 2.05) is 96.9 Å². The van der Waals surface area contributed by atoms with E-state index < -0.39 is 10.1 Å². The number of fused-ring (bicyclic) bond motifs is 7. The Morgan fingerprint density at radius 3 is 1.42 bits per heavy atom. The molecule has 0 aromatic heterocycles. The molecule has 15 fully saturated rings. The van der Waals surface area contributed by atoms with Gasteiger partial charge in [-0.1, -0.05) is 116 Å². The minimum atomic E-state index is -3.26. The van der Waals surface area contributed by atoms with Crippen molar-refractivity contribution in [1.82, 2.24) is 0 Å². The fourth-order valence-electron chi connectivity index (χ4n) is 12.5. The van der Waals surface area contributed by atoms with E-state index >= 15 is 0 Å². The molecule has 16 atom stereocenters. The number of hydrogen-bond donors (Lipinski definition) is 0. The quantitative estimate of drug-likeness (QED) is 0.167. The first-order chi connectivity index (χ1) is 35.8. The summed E-state index contributed by atoms with van der Waals surface area (Å²) < 4.78 is 69.5. The Labute approximate surface area is 447 Å². The van der Waals surface area contributed by atoms with Crippen molar-refractivity contribution in [3.05, 3.63) is 0 Å². The minimum Gasteiger partial charge on any atom is -0.462 e. The molecule has 0 amide bonds. The van der Waals surface area contributed by atoms with Crippen LogP contribution >= 0.6 is 0 Å². The van der Waals surface area contributed by atoms with Gasteiger partial charge in [0, 0.05) is 45.9 Å². The van der Waals surface area contributed by atoms with Crippen LogP contribution in [0, 0.1) is 35.5 Å². The molecule has 73 heavy (non-hydrogen) atoms. The predicted molar refractivity (Wildman–Crippen MR) is 293 cm³/mol. The molecule has 432 valence electrons. The second kappa shape index (κ2) is 38.2. The van der Waals surface area contributed by atoms with Gasteiger partial charge < -0.3 is 37.9 Å². The van der Waals surface area contributed by atoms with Gasteiger partial charge in [-0.05, 0) is 126 Å². The Balaban J connectivity index is 0.000000282. The molecule has 0 radical (unpaired) electrons. The lowest BCUT2D eigenvalue weighted by Crippen LogP contribution is -2.27. The second-order valence-electron chi connectivity index (χ2n) is 19.8. The molecule has 11 heterocycles. The lowest BCUT2D eigenvalue weighted by Gasteiger charge is -2.14. The normalized spacial score (nSPS) is 38.3. The fraction of sp³-hybridized carbons (Fsp3) is 0.966. The van der Waals surface area contributed by atoms with E-state index in [0.717, 1.165) is 102 Å². The third kappa shape index (κ3) is 20.4. The van der Waals surface area contributed by atoms with Crippen molar-refractivity contribution < 1.29 is 60.1 Å². The van der Waals surface area contributed by atoms with E-state index in [1.165, 1.54) is 89.9 Å². The van der Waals surface area contributed by atoms with Crippen LogP contribution in [0.3, 0.4) is 0 Å². The average Bonchev–Trinajstić information content (AvgIpc) is 4.35. The molecule has 0 aromatic carbocycles. The molecular formula is C59H112O13S. The van der Waals surface area contributed by atoms with Crippen molar-refractivity contribution in [2.24, 2.45) is 35.5 Å². The molecule has 14 heteroatoms. The number of carbonyl (C=O) groups excluding carboxylic acids is 2. The van der Waals surface area contributed by atoms with Crippen LogP contribution in [0.15, 0.2) is 0 Å². The third-order valence-electron chi connectivity index (χ3n) is 15.5. The monoisotopic (exact) mass is 1060 g/mol. The van der Waals surface area contributed by atoms with Crippen LogP contribution in [0.5, 0.6) is 0 Å². The van der Waals surface area contributed by atoms with Gasteiger partial charge in [0.2, 0.25) is 0 Å². The van der Waals surface area contributed by atoms with Crippen LogP contribution in [0.25, 0.3) is 0 Å². The molecule has 10 bridgehead atoms. The molecule has 0 N–H and O–H groups in total. The Kier molecular flexibility index (Phi) is 35.5. The summed E-state index contributed by atoms with van der Waals surface area (Å²) in [6.45, 7) is 34.1. The Morgan fingerprint density at radius 1 is 0.425 bits per heavy atom. The van der Waals surface area contributed by atoms with Crippen LogP contribution in [-0.4, -0.2) is 120 Å². The summed E-state index contributed by atoms with van der Waals surface area (Å²) in [6, 6.07) is 0. The van der Waals surface area contributed by atoms with Crippen molar-refractivity contribution in [3.63, 3.8) is 0 Å². The zero-order valence-corrected chi connectivity index (χ0v) is 49.9. The summed E-state index contributed by atoms with van der Waals surface area (Å²) in [5.41, 5.74) is 0.